The Hall–Kier alpha value is -1.55. The highest BCUT2D eigenvalue weighted by atomic mass is 16.5. The Morgan fingerprint density at radius 3 is 2.65 bits per heavy atom. The number of aliphatic hydroxyl groups is 1. The first-order valence-corrected chi connectivity index (χ1v) is 7.19. The van der Waals surface area contributed by atoms with Crippen molar-refractivity contribution in [1.29, 1.82) is 0 Å². The van der Waals surface area contributed by atoms with Gasteiger partial charge in [0.05, 0.1) is 12.6 Å². The average Bonchev–Trinajstić information content (AvgIpc) is 2.44. The number of rotatable bonds is 6. The van der Waals surface area contributed by atoms with Crippen molar-refractivity contribution >= 4 is 6.09 Å². The van der Waals surface area contributed by atoms with Crippen LogP contribution in [0, 0.1) is 5.41 Å². The average molecular weight is 277 g/mol. The number of amides is 1. The molecule has 0 aromatic heterocycles. The van der Waals surface area contributed by atoms with Crippen LogP contribution in [0.3, 0.4) is 0 Å². The summed E-state index contributed by atoms with van der Waals surface area (Å²) in [6.07, 6.45) is 3.93. The summed E-state index contributed by atoms with van der Waals surface area (Å²) in [6, 6.07) is 9.33. The van der Waals surface area contributed by atoms with Crippen molar-refractivity contribution in [3.8, 4) is 0 Å². The quantitative estimate of drug-likeness (QED) is 0.840. The summed E-state index contributed by atoms with van der Waals surface area (Å²) in [5.41, 5.74) is 1.22. The summed E-state index contributed by atoms with van der Waals surface area (Å²) in [6.45, 7) is 2.41. The molecule has 0 spiro atoms. The Kier molecular flexibility index (Phi) is 5.01. The molecule has 1 amide bonds. The van der Waals surface area contributed by atoms with Crippen LogP contribution >= 0.6 is 0 Å². The lowest BCUT2D eigenvalue weighted by Crippen LogP contribution is -2.43. The highest BCUT2D eigenvalue weighted by molar-refractivity contribution is 5.67. The first-order valence-electron chi connectivity index (χ1n) is 7.19. The molecule has 1 atom stereocenters. The smallest absolute Gasteiger partial charge is 0.407 e. The first kappa shape index (κ1) is 14.9. The van der Waals surface area contributed by atoms with E-state index in [4.69, 9.17) is 4.74 Å². The fraction of sp³-hybridized carbons (Fsp3) is 0.562. The largest absolute Gasteiger partial charge is 0.445 e. The molecule has 0 heterocycles. The molecule has 1 saturated carbocycles. The second kappa shape index (κ2) is 6.75. The summed E-state index contributed by atoms with van der Waals surface area (Å²) in [4.78, 5) is 11.7. The lowest BCUT2D eigenvalue weighted by Gasteiger charge is -2.40. The Balaban J connectivity index is 1.74. The van der Waals surface area contributed by atoms with Crippen molar-refractivity contribution in [2.24, 2.45) is 5.41 Å². The van der Waals surface area contributed by atoms with Crippen LogP contribution in [-0.4, -0.2) is 23.8 Å². The number of carbonyl (C=O) groups is 1. The van der Waals surface area contributed by atoms with E-state index in [-0.39, 0.29) is 24.7 Å². The van der Waals surface area contributed by atoms with Gasteiger partial charge in [-0.1, -0.05) is 43.7 Å². The van der Waals surface area contributed by atoms with E-state index in [2.05, 4.69) is 12.2 Å². The van der Waals surface area contributed by atoms with E-state index in [9.17, 15) is 9.90 Å². The van der Waals surface area contributed by atoms with Gasteiger partial charge in [-0.3, -0.25) is 0 Å². The number of benzene rings is 1. The van der Waals surface area contributed by atoms with Gasteiger partial charge in [-0.05, 0) is 30.2 Å². The van der Waals surface area contributed by atoms with Gasteiger partial charge in [0, 0.05) is 0 Å². The molecule has 4 heteroatoms. The van der Waals surface area contributed by atoms with Gasteiger partial charge in [0.15, 0.2) is 0 Å². The Labute approximate surface area is 120 Å². The van der Waals surface area contributed by atoms with E-state index >= 15 is 0 Å². The molecule has 1 aliphatic rings. The monoisotopic (exact) mass is 277 g/mol. The summed E-state index contributed by atoms with van der Waals surface area (Å²) < 4.78 is 5.17. The van der Waals surface area contributed by atoms with Crippen LogP contribution in [0.2, 0.25) is 0 Å². The molecule has 4 nitrogen and oxygen atoms in total. The number of hydrogen-bond donors (Lipinski definition) is 2. The second-order valence-corrected chi connectivity index (χ2v) is 5.95. The van der Waals surface area contributed by atoms with Gasteiger partial charge in [-0.25, -0.2) is 4.79 Å². The van der Waals surface area contributed by atoms with Crippen molar-refractivity contribution in [2.45, 2.75) is 45.3 Å². The topological polar surface area (TPSA) is 58.6 Å². The fourth-order valence-corrected chi connectivity index (χ4v) is 2.67. The van der Waals surface area contributed by atoms with Gasteiger partial charge < -0.3 is 15.2 Å². The van der Waals surface area contributed by atoms with Crippen LogP contribution in [0.1, 0.15) is 38.2 Å². The second-order valence-electron chi connectivity index (χ2n) is 5.95. The normalized spacial score (nSPS) is 17.9. The van der Waals surface area contributed by atoms with Crippen LogP contribution in [0.15, 0.2) is 30.3 Å². The zero-order valence-electron chi connectivity index (χ0n) is 12.0. The number of hydrogen-bond acceptors (Lipinski definition) is 3. The molecule has 0 aliphatic heterocycles. The van der Waals surface area contributed by atoms with Crippen molar-refractivity contribution < 1.29 is 14.6 Å². The van der Waals surface area contributed by atoms with Crippen LogP contribution in [0.25, 0.3) is 0 Å². The van der Waals surface area contributed by atoms with Gasteiger partial charge in [-0.2, -0.15) is 0 Å². The molecule has 20 heavy (non-hydrogen) atoms. The number of aliphatic hydroxyl groups excluding tert-OH is 1. The van der Waals surface area contributed by atoms with E-state index in [1.165, 1.54) is 19.3 Å². The molecule has 1 unspecified atom stereocenters. The fourth-order valence-electron chi connectivity index (χ4n) is 2.67. The van der Waals surface area contributed by atoms with Gasteiger partial charge in [-0.15, -0.1) is 0 Å². The Bertz CT molecular complexity index is 429. The zero-order valence-corrected chi connectivity index (χ0v) is 12.0. The summed E-state index contributed by atoms with van der Waals surface area (Å²) in [7, 11) is 0. The zero-order chi connectivity index (χ0) is 14.4. The van der Waals surface area contributed by atoms with Gasteiger partial charge in [0.1, 0.15) is 6.61 Å². The van der Waals surface area contributed by atoms with Crippen LogP contribution in [0.4, 0.5) is 4.79 Å². The summed E-state index contributed by atoms with van der Waals surface area (Å²) >= 11 is 0. The van der Waals surface area contributed by atoms with Gasteiger partial charge >= 0.3 is 6.09 Å². The molecule has 0 radical (unpaired) electrons. The molecule has 1 aromatic rings. The Morgan fingerprint density at radius 2 is 2.10 bits per heavy atom. The van der Waals surface area contributed by atoms with Crippen LogP contribution in [-0.2, 0) is 11.3 Å². The molecule has 110 valence electrons. The maximum atomic E-state index is 11.7. The third kappa shape index (κ3) is 4.23. The molecule has 2 rings (SSSR count). The van der Waals surface area contributed by atoms with E-state index in [1.807, 2.05) is 30.3 Å². The highest BCUT2D eigenvalue weighted by Crippen LogP contribution is 2.44. The Morgan fingerprint density at radius 1 is 1.40 bits per heavy atom. The predicted molar refractivity (Wildman–Crippen MR) is 77.2 cm³/mol. The van der Waals surface area contributed by atoms with Crippen LogP contribution < -0.4 is 5.32 Å². The van der Waals surface area contributed by atoms with E-state index < -0.39 is 6.09 Å². The molecule has 1 fully saturated rings. The van der Waals surface area contributed by atoms with Crippen molar-refractivity contribution in [1.82, 2.24) is 5.32 Å². The van der Waals surface area contributed by atoms with Gasteiger partial charge in [0.25, 0.3) is 0 Å². The minimum absolute atomic E-state index is 0.0456. The third-order valence-electron chi connectivity index (χ3n) is 4.05. The molecule has 2 N–H and O–H groups in total. The number of alkyl carbamates (subject to hydrolysis) is 1. The van der Waals surface area contributed by atoms with E-state index in [1.54, 1.807) is 0 Å². The summed E-state index contributed by atoms with van der Waals surface area (Å²) in [5.74, 6) is 0. The lowest BCUT2D eigenvalue weighted by molar-refractivity contribution is 0.0919. The maximum Gasteiger partial charge on any atom is 0.407 e. The van der Waals surface area contributed by atoms with E-state index in [0.29, 0.717) is 0 Å². The molecule has 1 aromatic carbocycles. The third-order valence-corrected chi connectivity index (χ3v) is 4.05. The van der Waals surface area contributed by atoms with Crippen molar-refractivity contribution in [3.63, 3.8) is 0 Å². The predicted octanol–water partition coefficient (Wildman–Crippen LogP) is 2.85. The molecular formula is C16H23NO3. The van der Waals surface area contributed by atoms with Gasteiger partial charge in [0.2, 0.25) is 0 Å². The maximum absolute atomic E-state index is 11.7. The van der Waals surface area contributed by atoms with E-state index in [0.717, 1.165) is 12.0 Å². The molecule has 1 aliphatic carbocycles. The minimum Gasteiger partial charge on any atom is -0.445 e. The van der Waals surface area contributed by atoms with Crippen molar-refractivity contribution in [2.75, 3.05) is 6.61 Å². The van der Waals surface area contributed by atoms with Crippen LogP contribution in [0.5, 0.6) is 0 Å². The lowest BCUT2D eigenvalue weighted by atomic mass is 9.67. The number of carbonyl (C=O) groups excluding carboxylic acids is 1. The molecular weight excluding hydrogens is 254 g/mol. The molecule has 0 bridgehead atoms. The van der Waals surface area contributed by atoms with Crippen molar-refractivity contribution in [3.05, 3.63) is 35.9 Å². The first-order chi connectivity index (χ1) is 9.61. The minimum atomic E-state index is -0.462. The molecule has 0 saturated heterocycles. The summed E-state index contributed by atoms with van der Waals surface area (Å²) in [5, 5.41) is 12.1. The number of ether oxygens (including phenoxy) is 1. The standard InChI is InChI=1S/C16H23NO3/c1-16(8-5-9-16)10-14(11-18)17-15(19)20-12-13-6-3-2-4-7-13/h2-4,6-7,14,18H,5,8-12H2,1H3,(H,17,19). The number of nitrogens with one attached hydrogen (secondary N) is 1. The highest BCUT2D eigenvalue weighted by Gasteiger charge is 2.34. The SMILES string of the molecule is CC1(CC(CO)NC(=O)OCc2ccccc2)CCC1.